The van der Waals surface area contributed by atoms with Gasteiger partial charge in [-0.3, -0.25) is 4.72 Å². The molecule has 0 unspecified atom stereocenters. The van der Waals surface area contributed by atoms with Crippen LogP contribution in [0.25, 0.3) is 0 Å². The number of halogens is 1. The van der Waals surface area contributed by atoms with Crippen molar-refractivity contribution < 1.29 is 8.42 Å². The number of hydrogen-bond donors (Lipinski definition) is 2. The fourth-order valence-electron chi connectivity index (χ4n) is 2.38. The van der Waals surface area contributed by atoms with Crippen LogP contribution in [0.3, 0.4) is 0 Å². The molecule has 1 aromatic rings. The van der Waals surface area contributed by atoms with Gasteiger partial charge in [-0.25, -0.2) is 8.42 Å². The Kier molecular flexibility index (Phi) is 4.58. The van der Waals surface area contributed by atoms with E-state index in [4.69, 9.17) is 11.6 Å². The number of sulfonamides is 1. The quantitative estimate of drug-likeness (QED) is 0.895. The summed E-state index contributed by atoms with van der Waals surface area (Å²) in [5.74, 6) is 0. The molecule has 106 valence electrons. The monoisotopic (exact) mass is 302 g/mol. The van der Waals surface area contributed by atoms with E-state index in [1.165, 1.54) is 19.3 Å². The predicted molar refractivity (Wildman–Crippen MR) is 80.4 cm³/mol. The Hall–Kier alpha value is -0.940. The molecule has 0 aromatic heterocycles. The predicted octanol–water partition coefficient (Wildman–Crippen LogP) is 3.46. The molecule has 1 aromatic carbocycles. The summed E-state index contributed by atoms with van der Waals surface area (Å²) in [6, 6.07) is 5.55. The van der Waals surface area contributed by atoms with Gasteiger partial charge in [0, 0.05) is 6.04 Å². The molecule has 1 aliphatic carbocycles. The van der Waals surface area contributed by atoms with Crippen molar-refractivity contribution in [1.82, 2.24) is 0 Å². The molecule has 0 amide bonds. The SMILES string of the molecule is CS(=O)(=O)Nc1ccc(Cl)c(NC2CCCCC2)c1. The summed E-state index contributed by atoms with van der Waals surface area (Å²) < 4.78 is 24.9. The van der Waals surface area contributed by atoms with E-state index in [-0.39, 0.29) is 0 Å². The molecule has 2 rings (SSSR count). The van der Waals surface area contributed by atoms with Crippen molar-refractivity contribution in [3.05, 3.63) is 23.2 Å². The lowest BCUT2D eigenvalue weighted by Gasteiger charge is -2.24. The van der Waals surface area contributed by atoms with E-state index in [1.807, 2.05) is 0 Å². The third-order valence-electron chi connectivity index (χ3n) is 3.23. The number of benzene rings is 1. The molecule has 0 heterocycles. The van der Waals surface area contributed by atoms with Gasteiger partial charge in [0.15, 0.2) is 0 Å². The molecular formula is C13H19ClN2O2S. The molecule has 0 aliphatic heterocycles. The topological polar surface area (TPSA) is 58.2 Å². The summed E-state index contributed by atoms with van der Waals surface area (Å²) >= 11 is 6.15. The molecule has 0 radical (unpaired) electrons. The smallest absolute Gasteiger partial charge is 0.229 e. The van der Waals surface area contributed by atoms with Crippen molar-refractivity contribution >= 4 is 33.0 Å². The van der Waals surface area contributed by atoms with Crippen molar-refractivity contribution in [2.24, 2.45) is 0 Å². The van der Waals surface area contributed by atoms with Gasteiger partial charge in [-0.15, -0.1) is 0 Å². The lowest BCUT2D eigenvalue weighted by atomic mass is 9.95. The van der Waals surface area contributed by atoms with Gasteiger partial charge in [-0.05, 0) is 31.0 Å². The summed E-state index contributed by atoms with van der Waals surface area (Å²) in [6.07, 6.45) is 7.17. The van der Waals surface area contributed by atoms with E-state index >= 15 is 0 Å². The maximum Gasteiger partial charge on any atom is 0.229 e. The van der Waals surface area contributed by atoms with Crippen LogP contribution in [-0.4, -0.2) is 20.7 Å². The van der Waals surface area contributed by atoms with E-state index in [1.54, 1.807) is 18.2 Å². The summed E-state index contributed by atoms with van der Waals surface area (Å²) in [7, 11) is -3.26. The minimum atomic E-state index is -3.26. The lowest BCUT2D eigenvalue weighted by molar-refractivity contribution is 0.463. The number of nitrogens with one attached hydrogen (secondary N) is 2. The Morgan fingerprint density at radius 3 is 2.53 bits per heavy atom. The second kappa shape index (κ2) is 6.01. The molecule has 6 heteroatoms. The zero-order chi connectivity index (χ0) is 13.9. The highest BCUT2D eigenvalue weighted by Gasteiger charge is 2.14. The molecule has 1 aliphatic rings. The number of rotatable bonds is 4. The highest BCUT2D eigenvalue weighted by Crippen LogP contribution is 2.29. The van der Waals surface area contributed by atoms with Gasteiger partial charge in [0.1, 0.15) is 0 Å². The average Bonchev–Trinajstić information content (AvgIpc) is 2.33. The lowest BCUT2D eigenvalue weighted by Crippen LogP contribution is -2.22. The molecular weight excluding hydrogens is 284 g/mol. The summed E-state index contributed by atoms with van der Waals surface area (Å²) in [4.78, 5) is 0. The summed E-state index contributed by atoms with van der Waals surface area (Å²) in [6.45, 7) is 0. The van der Waals surface area contributed by atoms with Crippen molar-refractivity contribution in [1.29, 1.82) is 0 Å². The van der Waals surface area contributed by atoms with Crippen LogP contribution in [0.1, 0.15) is 32.1 Å². The Bertz CT molecular complexity index is 540. The highest BCUT2D eigenvalue weighted by molar-refractivity contribution is 7.92. The largest absolute Gasteiger partial charge is 0.381 e. The van der Waals surface area contributed by atoms with Gasteiger partial charge in [-0.2, -0.15) is 0 Å². The van der Waals surface area contributed by atoms with Crippen LogP contribution in [-0.2, 0) is 10.0 Å². The Morgan fingerprint density at radius 1 is 1.21 bits per heavy atom. The van der Waals surface area contributed by atoms with Gasteiger partial charge in [0.25, 0.3) is 0 Å². The van der Waals surface area contributed by atoms with Gasteiger partial charge in [0.05, 0.1) is 22.7 Å². The third kappa shape index (κ3) is 4.58. The van der Waals surface area contributed by atoms with Crippen LogP contribution in [0.2, 0.25) is 5.02 Å². The van der Waals surface area contributed by atoms with E-state index in [0.29, 0.717) is 16.8 Å². The first kappa shape index (κ1) is 14.5. The first-order valence-electron chi connectivity index (χ1n) is 6.48. The number of anilines is 2. The van der Waals surface area contributed by atoms with E-state index in [2.05, 4.69) is 10.0 Å². The van der Waals surface area contributed by atoms with E-state index < -0.39 is 10.0 Å². The minimum Gasteiger partial charge on any atom is -0.381 e. The van der Waals surface area contributed by atoms with E-state index in [9.17, 15) is 8.42 Å². The van der Waals surface area contributed by atoms with Crippen molar-refractivity contribution in [2.75, 3.05) is 16.3 Å². The van der Waals surface area contributed by atoms with Crippen molar-refractivity contribution in [2.45, 2.75) is 38.1 Å². The summed E-state index contributed by atoms with van der Waals surface area (Å²) in [5, 5.41) is 4.02. The molecule has 1 saturated carbocycles. The van der Waals surface area contributed by atoms with Crippen LogP contribution in [0.5, 0.6) is 0 Å². The van der Waals surface area contributed by atoms with Crippen molar-refractivity contribution in [3.63, 3.8) is 0 Å². The maximum absolute atomic E-state index is 11.2. The first-order valence-corrected chi connectivity index (χ1v) is 8.75. The van der Waals surface area contributed by atoms with Gasteiger partial charge >= 0.3 is 0 Å². The van der Waals surface area contributed by atoms with Crippen LogP contribution >= 0.6 is 11.6 Å². The minimum absolute atomic E-state index is 0.430. The molecule has 19 heavy (non-hydrogen) atoms. The van der Waals surface area contributed by atoms with Crippen LogP contribution < -0.4 is 10.0 Å². The molecule has 0 spiro atoms. The van der Waals surface area contributed by atoms with Gasteiger partial charge in [0.2, 0.25) is 10.0 Å². The zero-order valence-electron chi connectivity index (χ0n) is 10.9. The second-order valence-electron chi connectivity index (χ2n) is 5.05. The fourth-order valence-corrected chi connectivity index (χ4v) is 3.11. The Balaban J connectivity index is 2.12. The zero-order valence-corrected chi connectivity index (χ0v) is 12.5. The normalized spacial score (nSPS) is 17.2. The Morgan fingerprint density at radius 2 is 1.89 bits per heavy atom. The molecule has 4 nitrogen and oxygen atoms in total. The molecule has 0 bridgehead atoms. The van der Waals surface area contributed by atoms with Gasteiger partial charge in [-0.1, -0.05) is 30.9 Å². The second-order valence-corrected chi connectivity index (χ2v) is 7.20. The highest BCUT2D eigenvalue weighted by atomic mass is 35.5. The molecule has 1 fully saturated rings. The fraction of sp³-hybridized carbons (Fsp3) is 0.538. The van der Waals surface area contributed by atoms with Crippen LogP contribution in [0, 0.1) is 0 Å². The van der Waals surface area contributed by atoms with Crippen LogP contribution in [0.15, 0.2) is 18.2 Å². The van der Waals surface area contributed by atoms with E-state index in [0.717, 1.165) is 24.8 Å². The Labute approximate surface area is 119 Å². The van der Waals surface area contributed by atoms with Gasteiger partial charge < -0.3 is 5.32 Å². The summed E-state index contributed by atoms with van der Waals surface area (Å²) in [5.41, 5.74) is 1.33. The maximum atomic E-state index is 11.2. The standard InChI is InChI=1S/C13H19ClN2O2S/c1-19(17,18)16-11-7-8-12(14)13(9-11)15-10-5-3-2-4-6-10/h7-10,15-16H,2-6H2,1H3. The molecule has 0 atom stereocenters. The number of hydrogen-bond acceptors (Lipinski definition) is 3. The average molecular weight is 303 g/mol. The van der Waals surface area contributed by atoms with Crippen LogP contribution in [0.4, 0.5) is 11.4 Å². The first-order chi connectivity index (χ1) is 8.94. The molecule has 2 N–H and O–H groups in total. The van der Waals surface area contributed by atoms with Crippen molar-refractivity contribution in [3.8, 4) is 0 Å². The third-order valence-corrected chi connectivity index (χ3v) is 4.17. The molecule has 0 saturated heterocycles.